The molecule has 82 valence electrons. The van der Waals surface area contributed by atoms with Crippen molar-refractivity contribution in [2.75, 3.05) is 0 Å². The van der Waals surface area contributed by atoms with Crippen LogP contribution in [0.3, 0.4) is 0 Å². The molecule has 0 atom stereocenters. The summed E-state index contributed by atoms with van der Waals surface area (Å²) in [7, 11) is 0. The maximum Gasteiger partial charge on any atom is 0.417 e. The number of Topliss-reactive ketones (excluding diaryl/α,β-unsaturated/α-hetero) is 1. The van der Waals surface area contributed by atoms with E-state index in [9.17, 15) is 18.0 Å². The van der Waals surface area contributed by atoms with Crippen molar-refractivity contribution < 1.29 is 18.0 Å². The molecule has 0 aliphatic rings. The first-order valence-corrected chi connectivity index (χ1v) is 5.68. The van der Waals surface area contributed by atoms with E-state index >= 15 is 0 Å². The van der Waals surface area contributed by atoms with Gasteiger partial charge in [0.25, 0.3) is 0 Å². The second-order valence-corrected chi connectivity index (χ2v) is 4.88. The summed E-state index contributed by atoms with van der Waals surface area (Å²) in [4.78, 5) is 11.1. The minimum absolute atomic E-state index is 0.0218. The van der Waals surface area contributed by atoms with Crippen LogP contribution in [-0.2, 0) is 6.18 Å². The lowest BCUT2D eigenvalue weighted by atomic mass is 10.1. The van der Waals surface area contributed by atoms with Crippen LogP contribution < -0.4 is 0 Å². The minimum atomic E-state index is -4.39. The number of carbonyl (C=O) groups excluding carboxylic acids is 1. The van der Waals surface area contributed by atoms with Crippen LogP contribution in [0.25, 0.3) is 0 Å². The van der Waals surface area contributed by atoms with Gasteiger partial charge in [-0.2, -0.15) is 13.2 Å². The molecule has 1 aromatic rings. The molecule has 0 unspecified atom stereocenters. The van der Waals surface area contributed by atoms with Crippen molar-refractivity contribution in [3.8, 4) is 0 Å². The predicted molar refractivity (Wildman–Crippen MR) is 61.9 cm³/mol. The molecule has 1 nitrogen and oxygen atoms in total. The number of carbonyl (C=O) groups is 1. The van der Waals surface area contributed by atoms with Gasteiger partial charge in [0.1, 0.15) is 0 Å². The van der Waals surface area contributed by atoms with Crippen LogP contribution in [-0.4, -0.2) is 5.78 Å². The van der Waals surface area contributed by atoms with Crippen LogP contribution in [0.4, 0.5) is 13.2 Å². The Morgan fingerprint density at radius 2 is 1.93 bits per heavy atom. The van der Waals surface area contributed by atoms with E-state index in [-0.39, 0.29) is 19.4 Å². The highest BCUT2D eigenvalue weighted by Gasteiger charge is 2.33. The second-order valence-electron chi connectivity index (χ2n) is 2.87. The third kappa shape index (κ3) is 2.93. The Hall–Kier alpha value is -0.110. The predicted octanol–water partition coefficient (Wildman–Crippen LogP) is 4.28. The van der Waals surface area contributed by atoms with Crippen LogP contribution in [0.2, 0.25) is 0 Å². The first-order valence-electron chi connectivity index (χ1n) is 3.80. The first-order chi connectivity index (χ1) is 6.73. The Morgan fingerprint density at radius 1 is 1.40 bits per heavy atom. The Balaban J connectivity index is 3.39. The zero-order valence-electron chi connectivity index (χ0n) is 7.45. The number of ketones is 1. The third-order valence-corrected chi connectivity index (χ3v) is 3.29. The average molecular weight is 393 g/mol. The molecule has 0 bridgehead atoms. The molecule has 0 saturated carbocycles. The number of alkyl halides is 3. The zero-order valence-corrected chi connectivity index (χ0v) is 11.2. The second kappa shape index (κ2) is 4.40. The molecular formula is C9H5BrF3IO. The highest BCUT2D eigenvalue weighted by molar-refractivity contribution is 14.1. The summed E-state index contributed by atoms with van der Waals surface area (Å²) in [6.45, 7) is 1.31. The topological polar surface area (TPSA) is 17.1 Å². The van der Waals surface area contributed by atoms with Crippen molar-refractivity contribution in [2.45, 2.75) is 13.1 Å². The summed E-state index contributed by atoms with van der Waals surface area (Å²) >= 11 is 4.52. The largest absolute Gasteiger partial charge is 0.417 e. The Morgan fingerprint density at radius 3 is 2.33 bits per heavy atom. The summed E-state index contributed by atoms with van der Waals surface area (Å²) in [5.41, 5.74) is -0.479. The van der Waals surface area contributed by atoms with E-state index in [2.05, 4.69) is 15.9 Å². The summed E-state index contributed by atoms with van der Waals surface area (Å²) in [6.07, 6.45) is -4.39. The van der Waals surface area contributed by atoms with Gasteiger partial charge in [-0.3, -0.25) is 4.79 Å². The van der Waals surface area contributed by atoms with Crippen molar-refractivity contribution in [1.82, 2.24) is 0 Å². The minimum Gasteiger partial charge on any atom is -0.294 e. The number of rotatable bonds is 1. The molecule has 6 heteroatoms. The lowest BCUT2D eigenvalue weighted by molar-refractivity contribution is -0.138. The lowest BCUT2D eigenvalue weighted by Gasteiger charge is -2.11. The quantitative estimate of drug-likeness (QED) is 0.515. The molecule has 0 heterocycles. The molecule has 0 radical (unpaired) electrons. The van der Waals surface area contributed by atoms with E-state index < -0.39 is 11.7 Å². The number of benzene rings is 1. The van der Waals surface area contributed by atoms with Gasteiger partial charge in [-0.25, -0.2) is 0 Å². The van der Waals surface area contributed by atoms with Crippen molar-refractivity contribution in [1.29, 1.82) is 0 Å². The van der Waals surface area contributed by atoms with Gasteiger partial charge >= 0.3 is 6.18 Å². The zero-order chi connectivity index (χ0) is 11.8. The Labute approximate surface area is 106 Å². The molecule has 0 aromatic heterocycles. The summed E-state index contributed by atoms with van der Waals surface area (Å²) in [5.74, 6) is -0.270. The van der Waals surface area contributed by atoms with Crippen molar-refractivity contribution in [3.63, 3.8) is 0 Å². The summed E-state index contributed by atoms with van der Waals surface area (Å²) in [6, 6.07) is 2.16. The highest BCUT2D eigenvalue weighted by atomic mass is 127. The van der Waals surface area contributed by atoms with E-state index in [1.165, 1.54) is 13.0 Å². The molecular weight excluding hydrogens is 388 g/mol. The van der Waals surface area contributed by atoms with Crippen LogP contribution in [0.1, 0.15) is 22.8 Å². The van der Waals surface area contributed by atoms with Gasteiger partial charge in [-0.05, 0) is 41.6 Å². The first kappa shape index (κ1) is 13.0. The molecule has 0 aliphatic heterocycles. The molecule has 0 spiro atoms. The van der Waals surface area contributed by atoms with E-state index in [1.807, 2.05) is 0 Å². The molecule has 0 saturated heterocycles. The van der Waals surface area contributed by atoms with Crippen molar-refractivity contribution in [3.05, 3.63) is 31.3 Å². The number of halogens is 5. The van der Waals surface area contributed by atoms with Crippen LogP contribution >= 0.6 is 38.5 Å². The monoisotopic (exact) mass is 392 g/mol. The third-order valence-electron chi connectivity index (χ3n) is 1.74. The van der Waals surface area contributed by atoms with Crippen LogP contribution in [0.15, 0.2) is 16.6 Å². The van der Waals surface area contributed by atoms with E-state index in [1.54, 1.807) is 22.6 Å². The van der Waals surface area contributed by atoms with Gasteiger partial charge in [0.15, 0.2) is 5.78 Å². The van der Waals surface area contributed by atoms with Gasteiger partial charge in [-0.15, -0.1) is 0 Å². The molecule has 0 N–H and O–H groups in total. The molecule has 15 heavy (non-hydrogen) atoms. The molecule has 0 aliphatic carbocycles. The van der Waals surface area contributed by atoms with E-state index in [0.29, 0.717) is 0 Å². The normalized spacial score (nSPS) is 11.6. The van der Waals surface area contributed by atoms with Gasteiger partial charge in [0.05, 0.1) is 5.56 Å². The van der Waals surface area contributed by atoms with Gasteiger partial charge in [0, 0.05) is 13.6 Å². The summed E-state index contributed by atoms with van der Waals surface area (Å²) in [5, 5.41) is 0. The van der Waals surface area contributed by atoms with Gasteiger partial charge in [-0.1, -0.05) is 15.9 Å². The van der Waals surface area contributed by atoms with E-state index in [0.717, 1.165) is 6.07 Å². The summed E-state index contributed by atoms with van der Waals surface area (Å²) < 4.78 is 37.5. The lowest BCUT2D eigenvalue weighted by Crippen LogP contribution is -2.09. The fourth-order valence-electron chi connectivity index (χ4n) is 1.03. The Bertz CT molecular complexity index is 415. The number of hydrogen-bond donors (Lipinski definition) is 0. The molecule has 0 fully saturated rings. The fraction of sp³-hybridized carbons (Fsp3) is 0.222. The maximum atomic E-state index is 12.5. The molecule has 1 aromatic carbocycles. The number of hydrogen-bond acceptors (Lipinski definition) is 1. The Kier molecular flexibility index (Phi) is 3.80. The van der Waals surface area contributed by atoms with Gasteiger partial charge < -0.3 is 0 Å². The van der Waals surface area contributed by atoms with Crippen molar-refractivity contribution in [2.24, 2.45) is 0 Å². The fourth-order valence-corrected chi connectivity index (χ4v) is 2.43. The van der Waals surface area contributed by atoms with Crippen LogP contribution in [0.5, 0.6) is 0 Å². The standard InChI is InChI=1S/C9H5BrF3IO/c1-4(15)5-2-8(14)6(3-7(5)10)9(11,12)13/h2-3H,1H3. The van der Waals surface area contributed by atoms with E-state index in [4.69, 9.17) is 0 Å². The smallest absolute Gasteiger partial charge is 0.294 e. The van der Waals surface area contributed by atoms with Gasteiger partial charge in [0.2, 0.25) is 0 Å². The average Bonchev–Trinajstić information content (AvgIpc) is 2.06. The van der Waals surface area contributed by atoms with Crippen molar-refractivity contribution >= 4 is 44.3 Å². The molecule has 1 rings (SSSR count). The maximum absolute atomic E-state index is 12.5. The highest BCUT2D eigenvalue weighted by Crippen LogP contribution is 2.35. The molecule has 0 amide bonds. The van der Waals surface area contributed by atoms with Crippen LogP contribution in [0, 0.1) is 3.57 Å². The SMILES string of the molecule is CC(=O)c1cc(I)c(C(F)(F)F)cc1Br.